The monoisotopic (exact) mass is 494 g/mol. The zero-order chi connectivity index (χ0) is 25.5. The third kappa shape index (κ3) is 5.66. The summed E-state index contributed by atoms with van der Waals surface area (Å²) in [5, 5.41) is 11.3. The van der Waals surface area contributed by atoms with Crippen LogP contribution >= 0.6 is 0 Å². The molecule has 1 aliphatic rings. The van der Waals surface area contributed by atoms with Crippen LogP contribution in [0.4, 0.5) is 0 Å². The average Bonchev–Trinajstić information content (AvgIpc) is 3.39. The number of aliphatic hydroxyl groups is 1. The molecular formula is C28H30O8. The Morgan fingerprint density at radius 1 is 0.917 bits per heavy atom. The number of carbonyl (C=O) groups is 1. The van der Waals surface area contributed by atoms with Gasteiger partial charge in [0.05, 0.1) is 33.4 Å². The van der Waals surface area contributed by atoms with Crippen LogP contribution < -0.4 is 23.7 Å². The number of hydrogen-bond acceptors (Lipinski definition) is 8. The molecular weight excluding hydrogens is 464 g/mol. The Morgan fingerprint density at radius 2 is 1.61 bits per heavy atom. The van der Waals surface area contributed by atoms with Crippen molar-refractivity contribution in [3.8, 4) is 28.7 Å². The Balaban J connectivity index is 1.54. The molecule has 0 saturated carbocycles. The molecule has 1 heterocycles. The summed E-state index contributed by atoms with van der Waals surface area (Å²) in [5.41, 5.74) is 2.40. The molecule has 190 valence electrons. The molecule has 36 heavy (non-hydrogen) atoms. The third-order valence-corrected chi connectivity index (χ3v) is 6.12. The van der Waals surface area contributed by atoms with Gasteiger partial charge in [0.1, 0.15) is 6.61 Å². The van der Waals surface area contributed by atoms with Gasteiger partial charge in [0.2, 0.25) is 12.5 Å². The predicted molar refractivity (Wildman–Crippen MR) is 132 cm³/mol. The number of fused-ring (bicyclic) bond motifs is 1. The highest BCUT2D eigenvalue weighted by atomic mass is 16.7. The van der Waals surface area contributed by atoms with Gasteiger partial charge < -0.3 is 33.5 Å². The SMILES string of the molecule is COC(=O)[C@@H](CCc1ccc2c(c1)OCO2)[C@@H](O)c1cc(OC)c(OCc2ccccc2)c(OC)c1. The Kier molecular flexibility index (Phi) is 8.17. The maximum absolute atomic E-state index is 12.7. The first-order chi connectivity index (χ1) is 17.5. The summed E-state index contributed by atoms with van der Waals surface area (Å²) in [5.74, 6) is 1.23. The van der Waals surface area contributed by atoms with Crippen LogP contribution in [0.15, 0.2) is 60.7 Å². The van der Waals surface area contributed by atoms with Crippen LogP contribution in [0.1, 0.15) is 29.2 Å². The first-order valence-electron chi connectivity index (χ1n) is 11.6. The van der Waals surface area contributed by atoms with E-state index in [1.165, 1.54) is 21.3 Å². The molecule has 3 aromatic carbocycles. The fourth-order valence-electron chi connectivity index (χ4n) is 4.15. The molecule has 0 spiro atoms. The number of aryl methyl sites for hydroxylation is 1. The molecule has 0 aromatic heterocycles. The third-order valence-electron chi connectivity index (χ3n) is 6.12. The summed E-state index contributed by atoms with van der Waals surface area (Å²) in [4.78, 5) is 12.7. The normalized spacial score (nSPS) is 13.6. The molecule has 0 saturated heterocycles. The molecule has 0 bridgehead atoms. The van der Waals surface area contributed by atoms with Gasteiger partial charge in [-0.1, -0.05) is 36.4 Å². The van der Waals surface area contributed by atoms with Gasteiger partial charge >= 0.3 is 5.97 Å². The van der Waals surface area contributed by atoms with Gasteiger partial charge in [-0.15, -0.1) is 0 Å². The van der Waals surface area contributed by atoms with E-state index in [-0.39, 0.29) is 6.79 Å². The van der Waals surface area contributed by atoms with Crippen molar-refractivity contribution in [2.45, 2.75) is 25.6 Å². The van der Waals surface area contributed by atoms with Crippen molar-refractivity contribution in [2.24, 2.45) is 5.92 Å². The molecule has 1 aliphatic heterocycles. The number of rotatable bonds is 11. The Morgan fingerprint density at radius 3 is 2.28 bits per heavy atom. The van der Waals surface area contributed by atoms with Crippen molar-refractivity contribution in [1.82, 2.24) is 0 Å². The van der Waals surface area contributed by atoms with E-state index in [1.807, 2.05) is 48.5 Å². The largest absolute Gasteiger partial charge is 0.493 e. The lowest BCUT2D eigenvalue weighted by Gasteiger charge is -2.23. The number of carbonyl (C=O) groups excluding carboxylic acids is 1. The second-order valence-electron chi connectivity index (χ2n) is 8.33. The maximum atomic E-state index is 12.7. The second kappa shape index (κ2) is 11.7. The Bertz CT molecular complexity index is 1150. The highest BCUT2D eigenvalue weighted by Gasteiger charge is 2.31. The zero-order valence-corrected chi connectivity index (χ0v) is 20.6. The number of ether oxygens (including phenoxy) is 6. The fourth-order valence-corrected chi connectivity index (χ4v) is 4.15. The van der Waals surface area contributed by atoms with Gasteiger partial charge in [0.15, 0.2) is 23.0 Å². The first kappa shape index (κ1) is 25.2. The standard InChI is InChI=1S/C28H30O8/c1-31-24-14-20(15-25(32-2)27(24)34-16-19-7-5-4-6-8-19)26(29)21(28(30)33-3)11-9-18-10-12-22-23(13-18)36-17-35-22/h4-8,10,12-15,21,26,29H,9,11,16-17H2,1-3H3/t21-,26-/m0/s1. The van der Waals surface area contributed by atoms with E-state index < -0.39 is 18.0 Å². The predicted octanol–water partition coefficient (Wildman–Crippen LogP) is 4.47. The van der Waals surface area contributed by atoms with E-state index in [9.17, 15) is 9.90 Å². The van der Waals surface area contributed by atoms with Crippen LogP contribution in [-0.2, 0) is 22.6 Å². The second-order valence-corrected chi connectivity index (χ2v) is 8.33. The van der Waals surface area contributed by atoms with Crippen molar-refractivity contribution in [3.63, 3.8) is 0 Å². The maximum Gasteiger partial charge on any atom is 0.311 e. The number of hydrogen-bond donors (Lipinski definition) is 1. The minimum atomic E-state index is -1.16. The first-order valence-corrected chi connectivity index (χ1v) is 11.6. The fraction of sp³-hybridized carbons (Fsp3) is 0.321. The summed E-state index contributed by atoms with van der Waals surface area (Å²) >= 11 is 0. The molecule has 1 N–H and O–H groups in total. The minimum absolute atomic E-state index is 0.191. The summed E-state index contributed by atoms with van der Waals surface area (Å²) in [7, 11) is 4.33. The van der Waals surface area contributed by atoms with Crippen molar-refractivity contribution < 1.29 is 38.3 Å². The summed E-state index contributed by atoms with van der Waals surface area (Å²) in [6.07, 6.45) is -0.276. The van der Waals surface area contributed by atoms with Crippen molar-refractivity contribution in [1.29, 1.82) is 0 Å². The highest BCUT2D eigenvalue weighted by molar-refractivity contribution is 5.73. The molecule has 4 rings (SSSR count). The molecule has 2 atom stereocenters. The van der Waals surface area contributed by atoms with Crippen LogP contribution in [0.25, 0.3) is 0 Å². The molecule has 0 unspecified atom stereocenters. The van der Waals surface area contributed by atoms with Crippen LogP contribution in [0.2, 0.25) is 0 Å². The van der Waals surface area contributed by atoms with Gasteiger partial charge in [-0.25, -0.2) is 0 Å². The van der Waals surface area contributed by atoms with Crippen molar-refractivity contribution in [3.05, 3.63) is 77.4 Å². The van der Waals surface area contributed by atoms with E-state index in [2.05, 4.69) is 0 Å². The lowest BCUT2D eigenvalue weighted by molar-refractivity contribution is -0.150. The highest BCUT2D eigenvalue weighted by Crippen LogP contribution is 2.42. The molecule has 3 aromatic rings. The van der Waals surface area contributed by atoms with E-state index >= 15 is 0 Å². The van der Waals surface area contributed by atoms with Crippen molar-refractivity contribution >= 4 is 5.97 Å². The lowest BCUT2D eigenvalue weighted by Crippen LogP contribution is -2.24. The summed E-state index contributed by atoms with van der Waals surface area (Å²) < 4.78 is 32.9. The Hall–Kier alpha value is -3.91. The molecule has 8 nitrogen and oxygen atoms in total. The molecule has 8 heteroatoms. The number of methoxy groups -OCH3 is 3. The lowest BCUT2D eigenvalue weighted by atomic mass is 9.89. The quantitative estimate of drug-likeness (QED) is 0.391. The van der Waals surface area contributed by atoms with Gasteiger partial charge in [0.25, 0.3) is 0 Å². The van der Waals surface area contributed by atoms with E-state index in [1.54, 1.807) is 12.1 Å². The molecule has 0 radical (unpaired) electrons. The van der Waals surface area contributed by atoms with Crippen LogP contribution in [0.5, 0.6) is 28.7 Å². The number of benzene rings is 3. The average molecular weight is 495 g/mol. The van der Waals surface area contributed by atoms with Gasteiger partial charge in [-0.3, -0.25) is 4.79 Å². The van der Waals surface area contributed by atoms with Gasteiger partial charge in [-0.05, 0) is 53.8 Å². The van der Waals surface area contributed by atoms with E-state index in [0.717, 1.165) is 11.1 Å². The molecule has 0 aliphatic carbocycles. The summed E-state index contributed by atoms with van der Waals surface area (Å²) in [6.45, 7) is 0.507. The molecule has 0 fully saturated rings. The molecule has 0 amide bonds. The van der Waals surface area contributed by atoms with Crippen LogP contribution in [-0.4, -0.2) is 39.2 Å². The van der Waals surface area contributed by atoms with Gasteiger partial charge in [0, 0.05) is 0 Å². The zero-order valence-electron chi connectivity index (χ0n) is 20.6. The van der Waals surface area contributed by atoms with Gasteiger partial charge in [-0.2, -0.15) is 0 Å². The minimum Gasteiger partial charge on any atom is -0.493 e. The van der Waals surface area contributed by atoms with E-state index in [4.69, 9.17) is 28.4 Å². The number of esters is 1. The van der Waals surface area contributed by atoms with Crippen molar-refractivity contribution in [2.75, 3.05) is 28.1 Å². The van der Waals surface area contributed by atoms with E-state index in [0.29, 0.717) is 53.8 Å². The van der Waals surface area contributed by atoms with Crippen LogP contribution in [0.3, 0.4) is 0 Å². The number of aliphatic hydroxyl groups excluding tert-OH is 1. The smallest absolute Gasteiger partial charge is 0.311 e. The topological polar surface area (TPSA) is 92.7 Å². The van der Waals surface area contributed by atoms with Crippen LogP contribution in [0, 0.1) is 5.92 Å². The Labute approximate surface area is 210 Å². The summed E-state index contributed by atoms with van der Waals surface area (Å²) in [6, 6.07) is 18.7.